The van der Waals surface area contributed by atoms with Gasteiger partial charge >= 0.3 is 0 Å². The van der Waals surface area contributed by atoms with E-state index in [1.165, 1.54) is 12.8 Å². The van der Waals surface area contributed by atoms with Gasteiger partial charge in [0.25, 0.3) is 0 Å². The van der Waals surface area contributed by atoms with Gasteiger partial charge in [-0.2, -0.15) is 0 Å². The zero-order chi connectivity index (χ0) is 7.28. The van der Waals surface area contributed by atoms with E-state index in [2.05, 4.69) is 20.8 Å². The summed E-state index contributed by atoms with van der Waals surface area (Å²) in [4.78, 5) is 0. The molecule has 0 radical (unpaired) electrons. The summed E-state index contributed by atoms with van der Waals surface area (Å²) in [7, 11) is 0. The second-order valence-electron chi connectivity index (χ2n) is 2.90. The van der Waals surface area contributed by atoms with Crippen molar-refractivity contribution in [3.8, 4) is 0 Å². The standard InChI is InChI=1S/C8H17Cl/c1-4-5-7(2)8(3)6-9/h7-8H,4-6H2,1-3H3. The largest absolute Gasteiger partial charge is 0.126 e. The van der Waals surface area contributed by atoms with Crippen LogP contribution < -0.4 is 0 Å². The van der Waals surface area contributed by atoms with Crippen LogP contribution in [0.15, 0.2) is 0 Å². The normalized spacial score (nSPS) is 17.3. The number of rotatable bonds is 4. The highest BCUT2D eigenvalue weighted by atomic mass is 35.5. The van der Waals surface area contributed by atoms with Crippen molar-refractivity contribution in [2.45, 2.75) is 33.6 Å². The molecule has 2 atom stereocenters. The molecular formula is C8H17Cl. The number of hydrogen-bond donors (Lipinski definition) is 0. The zero-order valence-electron chi connectivity index (χ0n) is 6.65. The van der Waals surface area contributed by atoms with Gasteiger partial charge in [-0.3, -0.25) is 0 Å². The minimum absolute atomic E-state index is 0.687. The highest BCUT2D eigenvalue weighted by Gasteiger charge is 2.08. The summed E-state index contributed by atoms with van der Waals surface area (Å²) < 4.78 is 0. The maximum atomic E-state index is 5.68. The Morgan fingerprint density at radius 2 is 1.78 bits per heavy atom. The maximum Gasteiger partial charge on any atom is 0.0251 e. The van der Waals surface area contributed by atoms with Gasteiger partial charge < -0.3 is 0 Å². The minimum atomic E-state index is 0.687. The molecular weight excluding hydrogens is 132 g/mol. The van der Waals surface area contributed by atoms with Crippen LogP contribution in [-0.2, 0) is 0 Å². The first kappa shape index (κ1) is 9.29. The molecule has 0 heterocycles. The van der Waals surface area contributed by atoms with E-state index >= 15 is 0 Å². The Morgan fingerprint density at radius 3 is 2.11 bits per heavy atom. The molecule has 56 valence electrons. The summed E-state index contributed by atoms with van der Waals surface area (Å²) in [6.07, 6.45) is 2.59. The first-order valence-electron chi connectivity index (χ1n) is 3.78. The van der Waals surface area contributed by atoms with E-state index in [0.717, 1.165) is 11.8 Å². The predicted molar refractivity (Wildman–Crippen MR) is 44.0 cm³/mol. The van der Waals surface area contributed by atoms with Crippen molar-refractivity contribution in [3.05, 3.63) is 0 Å². The van der Waals surface area contributed by atoms with Gasteiger partial charge in [0, 0.05) is 5.88 Å². The quantitative estimate of drug-likeness (QED) is 0.537. The third kappa shape index (κ3) is 3.80. The highest BCUT2D eigenvalue weighted by molar-refractivity contribution is 6.18. The van der Waals surface area contributed by atoms with Gasteiger partial charge in [-0.1, -0.05) is 33.6 Å². The molecule has 0 aliphatic heterocycles. The topological polar surface area (TPSA) is 0 Å². The highest BCUT2D eigenvalue weighted by Crippen LogP contribution is 2.17. The van der Waals surface area contributed by atoms with Crippen LogP contribution in [0.2, 0.25) is 0 Å². The van der Waals surface area contributed by atoms with Gasteiger partial charge in [-0.05, 0) is 11.8 Å². The predicted octanol–water partition coefficient (Wildman–Crippen LogP) is 3.30. The van der Waals surface area contributed by atoms with Crippen molar-refractivity contribution in [1.82, 2.24) is 0 Å². The molecule has 0 aromatic rings. The van der Waals surface area contributed by atoms with Crippen molar-refractivity contribution in [2.24, 2.45) is 11.8 Å². The molecule has 0 amide bonds. The zero-order valence-corrected chi connectivity index (χ0v) is 7.41. The second-order valence-corrected chi connectivity index (χ2v) is 3.21. The third-order valence-corrected chi connectivity index (χ3v) is 2.45. The van der Waals surface area contributed by atoms with Crippen LogP contribution in [-0.4, -0.2) is 5.88 Å². The molecule has 0 aliphatic rings. The van der Waals surface area contributed by atoms with Crippen LogP contribution in [0.3, 0.4) is 0 Å². The fraction of sp³-hybridized carbons (Fsp3) is 1.00. The Morgan fingerprint density at radius 1 is 1.22 bits per heavy atom. The lowest BCUT2D eigenvalue weighted by molar-refractivity contribution is 0.393. The van der Waals surface area contributed by atoms with Gasteiger partial charge in [-0.15, -0.1) is 11.6 Å². The van der Waals surface area contributed by atoms with Crippen LogP contribution in [0, 0.1) is 11.8 Å². The summed E-state index contributed by atoms with van der Waals surface area (Å²) >= 11 is 5.68. The van der Waals surface area contributed by atoms with Gasteiger partial charge in [-0.25, -0.2) is 0 Å². The molecule has 0 bridgehead atoms. The average molecular weight is 149 g/mol. The molecule has 0 rings (SSSR count). The molecule has 0 aromatic carbocycles. The van der Waals surface area contributed by atoms with E-state index in [-0.39, 0.29) is 0 Å². The van der Waals surface area contributed by atoms with Crippen LogP contribution >= 0.6 is 11.6 Å². The Bertz CT molecular complexity index is 61.6. The second kappa shape index (κ2) is 5.10. The van der Waals surface area contributed by atoms with Crippen molar-refractivity contribution in [1.29, 1.82) is 0 Å². The molecule has 0 nitrogen and oxygen atoms in total. The monoisotopic (exact) mass is 148 g/mol. The van der Waals surface area contributed by atoms with Crippen LogP contribution in [0.4, 0.5) is 0 Å². The lowest BCUT2D eigenvalue weighted by atomic mass is 9.94. The Balaban J connectivity index is 3.32. The van der Waals surface area contributed by atoms with Crippen molar-refractivity contribution < 1.29 is 0 Å². The molecule has 0 spiro atoms. The summed E-state index contributed by atoms with van der Waals surface area (Å²) in [6.45, 7) is 6.71. The van der Waals surface area contributed by atoms with Crippen LogP contribution in [0.25, 0.3) is 0 Å². The molecule has 0 saturated carbocycles. The van der Waals surface area contributed by atoms with E-state index in [1.54, 1.807) is 0 Å². The first-order chi connectivity index (χ1) is 4.22. The van der Waals surface area contributed by atoms with Gasteiger partial charge in [0.1, 0.15) is 0 Å². The van der Waals surface area contributed by atoms with Crippen molar-refractivity contribution >= 4 is 11.6 Å². The van der Waals surface area contributed by atoms with Crippen LogP contribution in [0.1, 0.15) is 33.6 Å². The van der Waals surface area contributed by atoms with Gasteiger partial charge in [0.2, 0.25) is 0 Å². The van der Waals surface area contributed by atoms with Crippen molar-refractivity contribution in [3.63, 3.8) is 0 Å². The molecule has 2 unspecified atom stereocenters. The molecule has 0 aliphatic carbocycles. The van der Waals surface area contributed by atoms with E-state index in [1.807, 2.05) is 0 Å². The minimum Gasteiger partial charge on any atom is -0.126 e. The molecule has 0 saturated heterocycles. The first-order valence-corrected chi connectivity index (χ1v) is 4.31. The molecule has 1 heteroatoms. The molecule has 0 fully saturated rings. The fourth-order valence-electron chi connectivity index (χ4n) is 0.892. The van der Waals surface area contributed by atoms with Crippen LogP contribution in [0.5, 0.6) is 0 Å². The number of halogens is 1. The number of alkyl halides is 1. The lowest BCUT2D eigenvalue weighted by Gasteiger charge is -2.15. The van der Waals surface area contributed by atoms with Crippen molar-refractivity contribution in [2.75, 3.05) is 5.88 Å². The molecule has 9 heavy (non-hydrogen) atoms. The fourth-order valence-corrected chi connectivity index (χ4v) is 1.20. The summed E-state index contributed by atoms with van der Waals surface area (Å²) in [5.41, 5.74) is 0. The van der Waals surface area contributed by atoms with Gasteiger partial charge in [0.15, 0.2) is 0 Å². The van der Waals surface area contributed by atoms with E-state index in [0.29, 0.717) is 5.92 Å². The Labute approximate surface area is 63.6 Å². The lowest BCUT2D eigenvalue weighted by Crippen LogP contribution is -2.08. The summed E-state index contributed by atoms with van der Waals surface area (Å²) in [5, 5.41) is 0. The smallest absolute Gasteiger partial charge is 0.0251 e. The maximum absolute atomic E-state index is 5.68. The van der Waals surface area contributed by atoms with E-state index in [4.69, 9.17) is 11.6 Å². The molecule has 0 aromatic heterocycles. The van der Waals surface area contributed by atoms with Gasteiger partial charge in [0.05, 0.1) is 0 Å². The summed E-state index contributed by atoms with van der Waals surface area (Å²) in [5.74, 6) is 2.29. The Kier molecular flexibility index (Phi) is 5.27. The van der Waals surface area contributed by atoms with E-state index < -0.39 is 0 Å². The third-order valence-electron chi connectivity index (χ3n) is 1.96. The SMILES string of the molecule is CCCC(C)C(C)CCl. The summed E-state index contributed by atoms with van der Waals surface area (Å²) in [6, 6.07) is 0. The average Bonchev–Trinajstić information content (AvgIpc) is 1.87. The van der Waals surface area contributed by atoms with E-state index in [9.17, 15) is 0 Å². The number of hydrogen-bond acceptors (Lipinski definition) is 0. The Hall–Kier alpha value is 0.290. The molecule has 0 N–H and O–H groups in total.